The fourth-order valence-corrected chi connectivity index (χ4v) is 1.94. The SMILES string of the molecule is CCN(CC)c1ccc(NC(=O)[CH]C[C@H](C)C(N)=O)cc1. The zero-order valence-electron chi connectivity index (χ0n) is 12.9. The number of primary amides is 1. The number of nitrogens with two attached hydrogens (primary N) is 1. The lowest BCUT2D eigenvalue weighted by atomic mass is 10.1. The molecule has 0 fully saturated rings. The van der Waals surface area contributed by atoms with Gasteiger partial charge in [-0.3, -0.25) is 9.59 Å². The van der Waals surface area contributed by atoms with Gasteiger partial charge in [0.05, 0.1) is 6.42 Å². The van der Waals surface area contributed by atoms with Gasteiger partial charge in [0.1, 0.15) is 0 Å². The summed E-state index contributed by atoms with van der Waals surface area (Å²) in [4.78, 5) is 24.9. The Kier molecular flexibility index (Phi) is 6.72. The molecule has 0 saturated carbocycles. The Balaban J connectivity index is 2.51. The van der Waals surface area contributed by atoms with Crippen molar-refractivity contribution in [2.75, 3.05) is 23.3 Å². The minimum absolute atomic E-state index is 0.223. The van der Waals surface area contributed by atoms with Crippen LogP contribution in [0, 0.1) is 12.3 Å². The van der Waals surface area contributed by atoms with Crippen LogP contribution in [0.15, 0.2) is 24.3 Å². The molecule has 0 aliphatic rings. The number of hydrogen-bond donors (Lipinski definition) is 2. The molecule has 1 aromatic carbocycles. The second-order valence-corrected chi connectivity index (χ2v) is 4.95. The molecule has 0 saturated heterocycles. The van der Waals surface area contributed by atoms with E-state index >= 15 is 0 Å². The number of benzene rings is 1. The van der Waals surface area contributed by atoms with E-state index in [2.05, 4.69) is 24.1 Å². The van der Waals surface area contributed by atoms with Crippen LogP contribution in [0.3, 0.4) is 0 Å². The molecule has 21 heavy (non-hydrogen) atoms. The molecule has 5 heteroatoms. The van der Waals surface area contributed by atoms with Crippen LogP contribution < -0.4 is 16.0 Å². The van der Waals surface area contributed by atoms with Gasteiger partial charge in [-0.2, -0.15) is 0 Å². The van der Waals surface area contributed by atoms with Crippen LogP contribution in [0.4, 0.5) is 11.4 Å². The molecule has 1 radical (unpaired) electrons. The van der Waals surface area contributed by atoms with Gasteiger partial charge in [0.25, 0.3) is 0 Å². The van der Waals surface area contributed by atoms with Gasteiger partial charge in [-0.25, -0.2) is 0 Å². The lowest BCUT2D eigenvalue weighted by molar-refractivity contribution is -0.121. The number of anilines is 2. The van der Waals surface area contributed by atoms with Crippen LogP contribution in [-0.2, 0) is 9.59 Å². The lowest BCUT2D eigenvalue weighted by Crippen LogP contribution is -2.23. The number of carbonyl (C=O) groups excluding carboxylic acids is 2. The molecule has 2 amide bonds. The molecule has 0 aromatic heterocycles. The summed E-state index contributed by atoms with van der Waals surface area (Å²) in [7, 11) is 0. The summed E-state index contributed by atoms with van der Waals surface area (Å²) in [5.74, 6) is -0.956. The van der Waals surface area contributed by atoms with E-state index in [1.54, 1.807) is 6.92 Å². The highest BCUT2D eigenvalue weighted by Crippen LogP contribution is 2.18. The first kappa shape index (κ1) is 17.0. The highest BCUT2D eigenvalue weighted by atomic mass is 16.2. The van der Waals surface area contributed by atoms with Crippen molar-refractivity contribution in [3.63, 3.8) is 0 Å². The van der Waals surface area contributed by atoms with Gasteiger partial charge in [-0.15, -0.1) is 0 Å². The van der Waals surface area contributed by atoms with E-state index in [4.69, 9.17) is 5.73 Å². The van der Waals surface area contributed by atoms with Crippen LogP contribution in [0.2, 0.25) is 0 Å². The summed E-state index contributed by atoms with van der Waals surface area (Å²) in [5.41, 5.74) is 7.01. The standard InChI is InChI=1S/C16H24N3O2/c1-4-19(5-2)14-9-7-13(8-10-14)18-15(20)11-6-12(3)16(17)21/h7-12H,4-6H2,1-3H3,(H2,17,21)(H,18,20)/t12-/m0/s1. The molecule has 5 nitrogen and oxygen atoms in total. The fourth-order valence-electron chi connectivity index (χ4n) is 1.94. The van der Waals surface area contributed by atoms with E-state index in [1.807, 2.05) is 24.3 Å². The summed E-state index contributed by atoms with van der Waals surface area (Å²) >= 11 is 0. The number of carbonyl (C=O) groups is 2. The van der Waals surface area contributed by atoms with Crippen molar-refractivity contribution in [2.24, 2.45) is 11.7 Å². The van der Waals surface area contributed by atoms with Gasteiger partial charge in [-0.05, 0) is 44.5 Å². The zero-order chi connectivity index (χ0) is 15.8. The second-order valence-electron chi connectivity index (χ2n) is 4.95. The number of nitrogens with one attached hydrogen (secondary N) is 1. The average Bonchev–Trinajstić information content (AvgIpc) is 2.47. The third-order valence-corrected chi connectivity index (χ3v) is 3.41. The highest BCUT2D eigenvalue weighted by molar-refractivity contribution is 5.97. The molecule has 1 aromatic rings. The molecule has 0 unspecified atom stereocenters. The quantitative estimate of drug-likeness (QED) is 0.770. The first-order chi connectivity index (χ1) is 9.97. The Morgan fingerprint density at radius 1 is 1.24 bits per heavy atom. The van der Waals surface area contributed by atoms with Crippen molar-refractivity contribution in [2.45, 2.75) is 27.2 Å². The number of rotatable bonds is 8. The number of hydrogen-bond acceptors (Lipinski definition) is 3. The van der Waals surface area contributed by atoms with Crippen molar-refractivity contribution >= 4 is 23.2 Å². The van der Waals surface area contributed by atoms with E-state index in [1.165, 1.54) is 6.42 Å². The molecular weight excluding hydrogens is 266 g/mol. The van der Waals surface area contributed by atoms with E-state index in [0.29, 0.717) is 6.42 Å². The molecule has 1 atom stereocenters. The molecule has 0 aliphatic heterocycles. The summed E-state index contributed by atoms with van der Waals surface area (Å²) in [6, 6.07) is 7.71. The van der Waals surface area contributed by atoms with E-state index in [9.17, 15) is 9.59 Å². The van der Waals surface area contributed by atoms with Gasteiger partial charge in [0, 0.05) is 30.4 Å². The molecule has 0 heterocycles. The van der Waals surface area contributed by atoms with Crippen molar-refractivity contribution in [3.8, 4) is 0 Å². The van der Waals surface area contributed by atoms with Crippen LogP contribution >= 0.6 is 0 Å². The highest BCUT2D eigenvalue weighted by Gasteiger charge is 2.12. The maximum atomic E-state index is 11.7. The molecule has 0 aliphatic carbocycles. The monoisotopic (exact) mass is 290 g/mol. The summed E-state index contributed by atoms with van der Waals surface area (Å²) in [5, 5.41) is 2.77. The molecule has 0 spiro atoms. The fraction of sp³-hybridized carbons (Fsp3) is 0.438. The van der Waals surface area contributed by atoms with Crippen LogP contribution in [0.1, 0.15) is 27.2 Å². The molecule has 1 rings (SSSR count). The molecule has 3 N–H and O–H groups in total. The van der Waals surface area contributed by atoms with Crippen LogP contribution in [-0.4, -0.2) is 24.9 Å². The van der Waals surface area contributed by atoms with Crippen molar-refractivity contribution in [3.05, 3.63) is 30.7 Å². The average molecular weight is 290 g/mol. The zero-order valence-corrected chi connectivity index (χ0v) is 12.9. The summed E-state index contributed by atoms with van der Waals surface area (Å²) in [6.45, 7) is 7.80. The molecular formula is C16H24N3O2. The van der Waals surface area contributed by atoms with E-state index in [0.717, 1.165) is 24.5 Å². The maximum absolute atomic E-state index is 11.7. The van der Waals surface area contributed by atoms with Gasteiger partial charge in [0.15, 0.2) is 0 Å². The van der Waals surface area contributed by atoms with Crippen molar-refractivity contribution < 1.29 is 9.59 Å². The maximum Gasteiger partial charge on any atom is 0.228 e. The van der Waals surface area contributed by atoms with Crippen molar-refractivity contribution in [1.29, 1.82) is 0 Å². The van der Waals surface area contributed by atoms with Gasteiger partial charge in [0.2, 0.25) is 11.8 Å². The minimum Gasteiger partial charge on any atom is -0.372 e. The number of amides is 2. The molecule has 0 bridgehead atoms. The van der Waals surface area contributed by atoms with Gasteiger partial charge >= 0.3 is 0 Å². The van der Waals surface area contributed by atoms with E-state index in [-0.39, 0.29) is 11.8 Å². The van der Waals surface area contributed by atoms with E-state index < -0.39 is 5.91 Å². The Bertz CT molecular complexity index is 467. The Hall–Kier alpha value is -2.04. The topological polar surface area (TPSA) is 75.4 Å². The van der Waals surface area contributed by atoms with Gasteiger partial charge in [-0.1, -0.05) is 6.92 Å². The second kappa shape index (κ2) is 8.29. The smallest absolute Gasteiger partial charge is 0.228 e. The lowest BCUT2D eigenvalue weighted by Gasteiger charge is -2.21. The Morgan fingerprint density at radius 3 is 2.29 bits per heavy atom. The van der Waals surface area contributed by atoms with Crippen LogP contribution in [0.5, 0.6) is 0 Å². The summed E-state index contributed by atoms with van der Waals surface area (Å²) in [6.07, 6.45) is 1.80. The molecule has 115 valence electrons. The predicted molar refractivity (Wildman–Crippen MR) is 85.9 cm³/mol. The Morgan fingerprint density at radius 2 is 1.81 bits per heavy atom. The first-order valence-electron chi connectivity index (χ1n) is 7.26. The third-order valence-electron chi connectivity index (χ3n) is 3.41. The first-order valence-corrected chi connectivity index (χ1v) is 7.26. The van der Waals surface area contributed by atoms with Gasteiger partial charge < -0.3 is 16.0 Å². The summed E-state index contributed by atoms with van der Waals surface area (Å²) < 4.78 is 0. The minimum atomic E-state index is -0.400. The number of nitrogens with zero attached hydrogens (tertiary/aromatic N) is 1. The third kappa shape index (κ3) is 5.45. The van der Waals surface area contributed by atoms with Crippen LogP contribution in [0.25, 0.3) is 0 Å². The normalized spacial score (nSPS) is 11.8. The predicted octanol–water partition coefficient (Wildman–Crippen LogP) is 2.19. The largest absolute Gasteiger partial charge is 0.372 e. The Labute approximate surface area is 126 Å². The van der Waals surface area contributed by atoms with Crippen molar-refractivity contribution in [1.82, 2.24) is 0 Å².